The molecule has 0 N–H and O–H groups in total. The van der Waals surface area contributed by atoms with Gasteiger partial charge in [0.05, 0.1) is 0 Å². The highest BCUT2D eigenvalue weighted by molar-refractivity contribution is 5.85. The van der Waals surface area contributed by atoms with Crippen molar-refractivity contribution in [3.05, 3.63) is 11.6 Å². The lowest BCUT2D eigenvalue weighted by atomic mass is 10.1. The van der Waals surface area contributed by atoms with E-state index in [9.17, 15) is 4.79 Å². The van der Waals surface area contributed by atoms with Crippen LogP contribution in [0.3, 0.4) is 0 Å². The van der Waals surface area contributed by atoms with Crippen molar-refractivity contribution < 1.29 is 9.53 Å². The molecule has 0 aliphatic carbocycles. The van der Waals surface area contributed by atoms with E-state index in [-0.39, 0.29) is 12.1 Å². The van der Waals surface area contributed by atoms with Crippen LogP contribution in [0.15, 0.2) is 11.6 Å². The number of rotatable bonds is 1. The van der Waals surface area contributed by atoms with Gasteiger partial charge in [0.1, 0.15) is 6.10 Å². The van der Waals surface area contributed by atoms with Gasteiger partial charge in [-0.15, -0.1) is 0 Å². The van der Waals surface area contributed by atoms with Crippen LogP contribution in [0.25, 0.3) is 0 Å². The van der Waals surface area contributed by atoms with Gasteiger partial charge in [0.15, 0.2) is 0 Å². The molecule has 0 bridgehead atoms. The molecule has 0 saturated carbocycles. The maximum absolute atomic E-state index is 10.5. The first kappa shape index (κ1) is 10.2. The Labute approximate surface area is 68.2 Å². The fourth-order valence-corrected chi connectivity index (χ4v) is 0.951. The molecular weight excluding hydrogens is 140 g/mol. The summed E-state index contributed by atoms with van der Waals surface area (Å²) in [7, 11) is 0. The molecule has 0 saturated heterocycles. The molecule has 0 amide bonds. The summed E-state index contributed by atoms with van der Waals surface area (Å²) in [5.74, 6) is -0.195. The van der Waals surface area contributed by atoms with E-state index < -0.39 is 0 Å². The van der Waals surface area contributed by atoms with E-state index in [1.165, 1.54) is 0 Å². The minimum Gasteiger partial charge on any atom is -0.455 e. The second-order valence-corrected chi connectivity index (χ2v) is 2.22. The highest BCUT2D eigenvalue weighted by Gasteiger charge is 2.19. The predicted molar refractivity (Wildman–Crippen MR) is 45.3 cm³/mol. The first-order valence-electron chi connectivity index (χ1n) is 4.13. The van der Waals surface area contributed by atoms with Crippen LogP contribution in [0, 0.1) is 0 Å². The molecule has 0 fully saturated rings. The molecule has 1 aliphatic rings. The van der Waals surface area contributed by atoms with E-state index >= 15 is 0 Å². The Morgan fingerprint density at radius 1 is 1.55 bits per heavy atom. The summed E-state index contributed by atoms with van der Waals surface area (Å²) in [6.45, 7) is 7.92. The maximum Gasteiger partial charge on any atom is 0.331 e. The number of esters is 1. The molecule has 1 aliphatic heterocycles. The van der Waals surface area contributed by atoms with E-state index in [4.69, 9.17) is 4.74 Å². The molecule has 1 unspecified atom stereocenters. The van der Waals surface area contributed by atoms with Crippen LogP contribution in [-0.4, -0.2) is 12.1 Å². The number of cyclic esters (lactones) is 1. The fourth-order valence-electron chi connectivity index (χ4n) is 0.951. The molecule has 0 radical (unpaired) electrons. The molecule has 0 aromatic carbocycles. The molecule has 2 nitrogen and oxygen atoms in total. The second kappa shape index (κ2) is 4.94. The van der Waals surface area contributed by atoms with Crippen LogP contribution in [0.2, 0.25) is 0 Å². The average Bonchev–Trinajstić information content (AvgIpc) is 2.33. The Hall–Kier alpha value is -0.790. The van der Waals surface area contributed by atoms with Crippen LogP contribution < -0.4 is 0 Å². The van der Waals surface area contributed by atoms with Crippen molar-refractivity contribution in [2.24, 2.45) is 0 Å². The standard InChI is InChI=1S/C7H10O2.C2H6/c1-3-6-5(2)4-7(8)9-6;1-2/h4,6H,3H2,1-2H3;1-2H3. The normalized spacial score (nSPS) is 21.6. The van der Waals surface area contributed by atoms with Crippen molar-refractivity contribution in [2.45, 2.75) is 40.2 Å². The number of carbonyl (C=O) groups is 1. The zero-order valence-corrected chi connectivity index (χ0v) is 7.68. The third-order valence-corrected chi connectivity index (χ3v) is 1.48. The van der Waals surface area contributed by atoms with E-state index in [2.05, 4.69) is 0 Å². The summed E-state index contributed by atoms with van der Waals surface area (Å²) in [5, 5.41) is 0. The second-order valence-electron chi connectivity index (χ2n) is 2.22. The van der Waals surface area contributed by atoms with Gasteiger partial charge >= 0.3 is 5.97 Å². The lowest BCUT2D eigenvalue weighted by molar-refractivity contribution is -0.138. The minimum absolute atomic E-state index is 0.0532. The minimum atomic E-state index is -0.195. The van der Waals surface area contributed by atoms with Crippen molar-refractivity contribution in [3.63, 3.8) is 0 Å². The smallest absolute Gasteiger partial charge is 0.331 e. The molecule has 1 rings (SSSR count). The van der Waals surface area contributed by atoms with Gasteiger partial charge in [-0.25, -0.2) is 4.79 Å². The highest BCUT2D eigenvalue weighted by atomic mass is 16.5. The first-order valence-corrected chi connectivity index (χ1v) is 4.13. The van der Waals surface area contributed by atoms with E-state index in [0.29, 0.717) is 0 Å². The molecular formula is C9H16O2. The number of carbonyl (C=O) groups excluding carboxylic acids is 1. The highest BCUT2D eigenvalue weighted by Crippen LogP contribution is 2.16. The van der Waals surface area contributed by atoms with Gasteiger partial charge in [-0.3, -0.25) is 0 Å². The number of ether oxygens (including phenoxy) is 1. The van der Waals surface area contributed by atoms with Crippen molar-refractivity contribution in [2.75, 3.05) is 0 Å². The lowest BCUT2D eigenvalue weighted by Crippen LogP contribution is -2.07. The van der Waals surface area contributed by atoms with Crippen molar-refractivity contribution in [1.82, 2.24) is 0 Å². The lowest BCUT2D eigenvalue weighted by Gasteiger charge is -2.06. The summed E-state index contributed by atoms with van der Waals surface area (Å²) in [6, 6.07) is 0. The average molecular weight is 156 g/mol. The molecule has 0 aromatic rings. The summed E-state index contributed by atoms with van der Waals surface area (Å²) < 4.78 is 4.89. The molecule has 1 heterocycles. The molecule has 0 aromatic heterocycles. The van der Waals surface area contributed by atoms with Crippen LogP contribution in [0.5, 0.6) is 0 Å². The number of hydrogen-bond acceptors (Lipinski definition) is 2. The predicted octanol–water partition coefficient (Wildman–Crippen LogP) is 2.29. The molecule has 64 valence electrons. The summed E-state index contributed by atoms with van der Waals surface area (Å²) in [6.07, 6.45) is 2.49. The van der Waals surface area contributed by atoms with Crippen molar-refractivity contribution in [3.8, 4) is 0 Å². The number of hydrogen-bond donors (Lipinski definition) is 0. The van der Waals surface area contributed by atoms with Crippen LogP contribution in [0.4, 0.5) is 0 Å². The van der Waals surface area contributed by atoms with Gasteiger partial charge in [-0.1, -0.05) is 20.8 Å². The van der Waals surface area contributed by atoms with Crippen LogP contribution in [0.1, 0.15) is 34.1 Å². The molecule has 1 atom stereocenters. The van der Waals surface area contributed by atoms with E-state index in [1.807, 2.05) is 27.7 Å². The van der Waals surface area contributed by atoms with E-state index in [0.717, 1.165) is 12.0 Å². The zero-order valence-electron chi connectivity index (χ0n) is 7.68. The van der Waals surface area contributed by atoms with Gasteiger partial charge in [-0.2, -0.15) is 0 Å². The molecule has 2 heteroatoms. The monoisotopic (exact) mass is 156 g/mol. The van der Waals surface area contributed by atoms with E-state index in [1.54, 1.807) is 6.08 Å². The van der Waals surface area contributed by atoms with Crippen molar-refractivity contribution >= 4 is 5.97 Å². The third kappa shape index (κ3) is 2.74. The Morgan fingerprint density at radius 2 is 2.09 bits per heavy atom. The Balaban J connectivity index is 0.000000461. The van der Waals surface area contributed by atoms with Crippen molar-refractivity contribution in [1.29, 1.82) is 0 Å². The zero-order chi connectivity index (χ0) is 8.85. The summed E-state index contributed by atoms with van der Waals surface area (Å²) in [5.41, 5.74) is 1.04. The van der Waals surface area contributed by atoms with Gasteiger partial charge in [0.25, 0.3) is 0 Å². The van der Waals surface area contributed by atoms with Gasteiger partial charge in [0.2, 0.25) is 0 Å². The first-order chi connectivity index (χ1) is 5.24. The van der Waals surface area contributed by atoms with Gasteiger partial charge in [-0.05, 0) is 18.9 Å². The Bertz CT molecular complexity index is 159. The maximum atomic E-state index is 10.5. The van der Waals surface area contributed by atoms with Gasteiger partial charge in [0, 0.05) is 6.08 Å². The van der Waals surface area contributed by atoms with Crippen LogP contribution in [-0.2, 0) is 9.53 Å². The SMILES string of the molecule is CC.CCC1OC(=O)C=C1C. The fraction of sp³-hybridized carbons (Fsp3) is 0.667. The summed E-state index contributed by atoms with van der Waals surface area (Å²) >= 11 is 0. The largest absolute Gasteiger partial charge is 0.455 e. The molecule has 0 spiro atoms. The molecule has 11 heavy (non-hydrogen) atoms. The van der Waals surface area contributed by atoms with Crippen LogP contribution >= 0.6 is 0 Å². The van der Waals surface area contributed by atoms with Gasteiger partial charge < -0.3 is 4.74 Å². The quantitative estimate of drug-likeness (QED) is 0.544. The Morgan fingerprint density at radius 3 is 2.27 bits per heavy atom. The topological polar surface area (TPSA) is 26.3 Å². The summed E-state index contributed by atoms with van der Waals surface area (Å²) in [4.78, 5) is 10.5. The Kier molecular flexibility index (Phi) is 4.59. The third-order valence-electron chi connectivity index (χ3n) is 1.48.